The van der Waals surface area contributed by atoms with Gasteiger partial charge < -0.3 is 10.4 Å². The van der Waals surface area contributed by atoms with Crippen molar-refractivity contribution >= 4 is 29.3 Å². The van der Waals surface area contributed by atoms with Crippen molar-refractivity contribution in [2.24, 2.45) is 0 Å². The number of amides is 2. The third-order valence-electron chi connectivity index (χ3n) is 3.14. The average Bonchev–Trinajstić information content (AvgIpc) is 2.86. The fourth-order valence-electron chi connectivity index (χ4n) is 2.09. The molecule has 6 nitrogen and oxygen atoms in total. The molecule has 7 heteroatoms. The van der Waals surface area contributed by atoms with E-state index >= 15 is 0 Å². The lowest BCUT2D eigenvalue weighted by Crippen LogP contribution is -2.31. The van der Waals surface area contributed by atoms with Crippen LogP contribution in [0.5, 0.6) is 0 Å². The molecule has 2 amide bonds. The first kappa shape index (κ1) is 16.1. The molecule has 1 atom stereocenters. The van der Waals surface area contributed by atoms with Gasteiger partial charge in [0.1, 0.15) is 16.7 Å². The molecule has 1 unspecified atom stereocenters. The second kappa shape index (κ2) is 7.11. The fraction of sp³-hybridized carbons (Fsp3) is 0.267. The summed E-state index contributed by atoms with van der Waals surface area (Å²) in [6, 6.07) is 10.7. The van der Waals surface area contributed by atoms with E-state index in [1.54, 1.807) is 24.3 Å². The molecule has 2 rings (SSSR count). The molecule has 0 spiro atoms. The van der Waals surface area contributed by atoms with Crippen molar-refractivity contribution in [3.05, 3.63) is 40.9 Å². The van der Waals surface area contributed by atoms with Crippen LogP contribution in [0.2, 0.25) is 0 Å². The molecule has 22 heavy (non-hydrogen) atoms. The normalized spacial score (nSPS) is 19.8. The lowest BCUT2D eigenvalue weighted by atomic mass is 10.2. The van der Waals surface area contributed by atoms with Crippen LogP contribution in [0.4, 0.5) is 5.69 Å². The summed E-state index contributed by atoms with van der Waals surface area (Å²) in [6.07, 6.45) is 0.267. The number of thioether (sulfide) groups is 1. The zero-order valence-corrected chi connectivity index (χ0v) is 12.8. The van der Waals surface area contributed by atoms with Gasteiger partial charge >= 0.3 is 0 Å². The van der Waals surface area contributed by atoms with Crippen molar-refractivity contribution in [2.45, 2.75) is 11.7 Å². The summed E-state index contributed by atoms with van der Waals surface area (Å²) in [5.74, 6) is -0.778. The van der Waals surface area contributed by atoms with Crippen molar-refractivity contribution < 1.29 is 14.7 Å². The Morgan fingerprint density at radius 1 is 1.45 bits per heavy atom. The largest absolute Gasteiger partial charge is 0.396 e. The Labute approximate surface area is 132 Å². The van der Waals surface area contributed by atoms with E-state index in [0.29, 0.717) is 10.7 Å². The van der Waals surface area contributed by atoms with Crippen molar-refractivity contribution in [1.82, 2.24) is 5.32 Å². The van der Waals surface area contributed by atoms with Gasteiger partial charge in [-0.2, -0.15) is 5.26 Å². The smallest absolute Gasteiger partial charge is 0.264 e. The lowest BCUT2D eigenvalue weighted by molar-refractivity contribution is -0.117. The Kier molecular flexibility index (Phi) is 5.20. The fourth-order valence-corrected chi connectivity index (χ4v) is 3.35. The van der Waals surface area contributed by atoms with E-state index in [2.05, 4.69) is 5.32 Å². The van der Waals surface area contributed by atoms with Crippen molar-refractivity contribution in [3.63, 3.8) is 0 Å². The molecule has 2 N–H and O–H groups in total. The second-order valence-electron chi connectivity index (χ2n) is 4.50. The number of aliphatic hydroxyl groups is 1. The number of likely N-dealkylation sites (N-methyl/N-ethyl adjacent to an activating group) is 1. The highest BCUT2D eigenvalue weighted by Gasteiger charge is 2.40. The first-order valence-electron chi connectivity index (χ1n) is 6.67. The van der Waals surface area contributed by atoms with Gasteiger partial charge in [0, 0.05) is 19.3 Å². The van der Waals surface area contributed by atoms with Crippen LogP contribution in [0.1, 0.15) is 6.42 Å². The number of nitrogens with zero attached hydrogens (tertiary/aromatic N) is 2. The molecule has 1 aliphatic heterocycles. The molecule has 1 saturated heterocycles. The maximum Gasteiger partial charge on any atom is 0.264 e. The van der Waals surface area contributed by atoms with E-state index in [1.807, 2.05) is 12.1 Å². The van der Waals surface area contributed by atoms with Crippen LogP contribution in [0.3, 0.4) is 0 Å². The maximum atomic E-state index is 12.6. The summed E-state index contributed by atoms with van der Waals surface area (Å²) in [6.45, 7) is -0.138. The van der Waals surface area contributed by atoms with Gasteiger partial charge in [0.05, 0.1) is 5.25 Å². The topological polar surface area (TPSA) is 93.4 Å². The van der Waals surface area contributed by atoms with Crippen molar-refractivity contribution in [3.8, 4) is 6.07 Å². The van der Waals surface area contributed by atoms with Gasteiger partial charge in [0.2, 0.25) is 5.91 Å². The Balaban J connectivity index is 2.54. The third-order valence-corrected chi connectivity index (χ3v) is 4.47. The summed E-state index contributed by atoms with van der Waals surface area (Å²) in [5.41, 5.74) is 0.484. The highest BCUT2D eigenvalue weighted by molar-refractivity contribution is 8.05. The van der Waals surface area contributed by atoms with E-state index in [9.17, 15) is 14.9 Å². The monoisotopic (exact) mass is 317 g/mol. The van der Waals surface area contributed by atoms with E-state index in [-0.39, 0.29) is 24.5 Å². The number of nitrogens with one attached hydrogen (secondary N) is 1. The van der Waals surface area contributed by atoms with E-state index in [4.69, 9.17) is 5.11 Å². The van der Waals surface area contributed by atoms with Crippen LogP contribution >= 0.6 is 11.8 Å². The van der Waals surface area contributed by atoms with Crippen LogP contribution in [-0.2, 0) is 9.59 Å². The molecule has 0 saturated carbocycles. The molecule has 1 aromatic carbocycles. The number of carbonyl (C=O) groups excluding carboxylic acids is 2. The molecule has 1 aliphatic rings. The van der Waals surface area contributed by atoms with Gasteiger partial charge in [0.15, 0.2) is 0 Å². The zero-order valence-electron chi connectivity index (χ0n) is 11.9. The number of carbonyl (C=O) groups is 2. The molecule has 1 heterocycles. The highest BCUT2D eigenvalue weighted by Crippen LogP contribution is 2.41. The lowest BCUT2D eigenvalue weighted by Gasteiger charge is -2.18. The zero-order chi connectivity index (χ0) is 16.1. The number of rotatable bonds is 4. The number of hydrogen-bond donors (Lipinski definition) is 2. The van der Waals surface area contributed by atoms with Gasteiger partial charge in [-0.15, -0.1) is 0 Å². The van der Waals surface area contributed by atoms with Crippen molar-refractivity contribution in [1.29, 1.82) is 5.26 Å². The molecule has 0 aliphatic carbocycles. The molecule has 0 aromatic heterocycles. The molecule has 1 fully saturated rings. The van der Waals surface area contributed by atoms with Gasteiger partial charge in [-0.25, -0.2) is 0 Å². The SMILES string of the molecule is CNC(=O)/C(C#N)=C1\SC(CCO)C(=O)N1c1ccccc1. The van der Waals surface area contributed by atoms with Crippen LogP contribution in [0.25, 0.3) is 0 Å². The summed E-state index contributed by atoms with van der Waals surface area (Å²) in [7, 11) is 1.43. The molecular formula is C15H15N3O3S. The first-order chi connectivity index (χ1) is 10.6. The molecule has 0 bridgehead atoms. The Bertz CT molecular complexity index is 652. The molecule has 1 aromatic rings. The van der Waals surface area contributed by atoms with Gasteiger partial charge in [-0.05, 0) is 18.6 Å². The Morgan fingerprint density at radius 2 is 2.14 bits per heavy atom. The third kappa shape index (κ3) is 2.98. The molecule has 0 radical (unpaired) electrons. The Morgan fingerprint density at radius 3 is 2.68 bits per heavy atom. The van der Waals surface area contributed by atoms with E-state index < -0.39 is 11.2 Å². The number of para-hydroxylation sites is 1. The number of nitriles is 1. The minimum Gasteiger partial charge on any atom is -0.396 e. The maximum absolute atomic E-state index is 12.6. The number of benzene rings is 1. The van der Waals surface area contributed by atoms with Crippen LogP contribution in [-0.4, -0.2) is 35.8 Å². The first-order valence-corrected chi connectivity index (χ1v) is 7.55. The van der Waals surface area contributed by atoms with Gasteiger partial charge in [-0.3, -0.25) is 14.5 Å². The summed E-state index contributed by atoms with van der Waals surface area (Å²) in [5, 5.41) is 20.6. The van der Waals surface area contributed by atoms with Crippen LogP contribution in [0, 0.1) is 11.3 Å². The molecular weight excluding hydrogens is 302 g/mol. The summed E-state index contributed by atoms with van der Waals surface area (Å²) < 4.78 is 0. The standard InChI is InChI=1S/C15H15N3O3S/c1-17-13(20)11(9-16)15-18(10-5-3-2-4-6-10)14(21)12(22-15)7-8-19/h2-6,12,19H,7-8H2,1H3,(H,17,20)/b15-11-. The van der Waals surface area contributed by atoms with Gasteiger partial charge in [0.25, 0.3) is 5.91 Å². The quantitative estimate of drug-likeness (QED) is 0.638. The minimum atomic E-state index is -0.539. The van der Waals surface area contributed by atoms with Crippen molar-refractivity contribution in [2.75, 3.05) is 18.6 Å². The minimum absolute atomic E-state index is 0.106. The number of hydrogen-bond acceptors (Lipinski definition) is 5. The predicted octanol–water partition coefficient (Wildman–Crippen LogP) is 0.999. The average molecular weight is 317 g/mol. The van der Waals surface area contributed by atoms with Crippen LogP contribution < -0.4 is 10.2 Å². The van der Waals surface area contributed by atoms with Gasteiger partial charge in [-0.1, -0.05) is 30.0 Å². The number of anilines is 1. The Hall–Kier alpha value is -2.30. The summed E-state index contributed by atoms with van der Waals surface area (Å²) >= 11 is 1.14. The predicted molar refractivity (Wildman–Crippen MR) is 83.7 cm³/mol. The number of aliphatic hydroxyl groups excluding tert-OH is 1. The molecule has 114 valence electrons. The van der Waals surface area contributed by atoms with E-state index in [0.717, 1.165) is 11.8 Å². The highest BCUT2D eigenvalue weighted by atomic mass is 32.2. The second-order valence-corrected chi connectivity index (χ2v) is 5.69. The van der Waals surface area contributed by atoms with E-state index in [1.165, 1.54) is 11.9 Å². The summed E-state index contributed by atoms with van der Waals surface area (Å²) in [4.78, 5) is 25.8. The van der Waals surface area contributed by atoms with Crippen LogP contribution in [0.15, 0.2) is 40.9 Å².